The van der Waals surface area contributed by atoms with Crippen LogP contribution < -0.4 is 5.32 Å². The fraction of sp³-hybridized carbons (Fsp3) is 0.524. The van der Waals surface area contributed by atoms with Crippen molar-refractivity contribution in [2.24, 2.45) is 0 Å². The van der Waals surface area contributed by atoms with Gasteiger partial charge in [-0.15, -0.1) is 0 Å². The molecule has 2 aromatic heterocycles. The number of nitrogens with one attached hydrogen (secondary N) is 1. The summed E-state index contributed by atoms with van der Waals surface area (Å²) in [5.41, 5.74) is 3.61. The van der Waals surface area contributed by atoms with Crippen LogP contribution in [0.2, 0.25) is 0 Å². The maximum Gasteiger partial charge on any atom is 0.254 e. The lowest BCUT2D eigenvalue weighted by Crippen LogP contribution is -2.46. The van der Waals surface area contributed by atoms with Crippen molar-refractivity contribution in [2.45, 2.75) is 59.1 Å². The number of carbonyl (C=O) groups is 1. The number of pyridine rings is 1. The monoisotopic (exact) mass is 383 g/mol. The Bertz CT molecular complexity index is 861. The molecular weight excluding hydrogens is 354 g/mol. The summed E-state index contributed by atoms with van der Waals surface area (Å²) in [6.07, 6.45) is 1.84. The molecule has 0 spiro atoms. The van der Waals surface area contributed by atoms with E-state index in [0.717, 1.165) is 47.8 Å². The van der Waals surface area contributed by atoms with Gasteiger partial charge in [0.1, 0.15) is 5.60 Å². The number of aromatic nitrogens is 3. The minimum absolute atomic E-state index is 0.00652. The third kappa shape index (κ3) is 4.30. The third-order valence-corrected chi connectivity index (χ3v) is 5.09. The maximum absolute atomic E-state index is 13.0. The van der Waals surface area contributed by atoms with Crippen LogP contribution in [-0.4, -0.2) is 45.0 Å². The van der Waals surface area contributed by atoms with Gasteiger partial charge >= 0.3 is 0 Å². The van der Waals surface area contributed by atoms with Gasteiger partial charge in [0.05, 0.1) is 11.7 Å². The van der Waals surface area contributed by atoms with Crippen molar-refractivity contribution >= 4 is 17.5 Å². The number of hydrogen-bond acceptors (Lipinski definition) is 6. The topological polar surface area (TPSA) is 80.2 Å². The molecule has 0 aromatic carbocycles. The molecule has 1 fully saturated rings. The van der Waals surface area contributed by atoms with Gasteiger partial charge in [0.2, 0.25) is 5.95 Å². The summed E-state index contributed by atoms with van der Waals surface area (Å²) in [4.78, 5) is 28.5. The standard InChI is InChI=1S/C21H29N5O2/c1-13-10-14(2)24-20(23-13)25-16-11-15(3)22-17(12-16)18-8-7-9-26(18)19(27)21(4,5)28-6/h10-12,18H,7-9H2,1-6H3,(H,22,23,24,25)/t18-/m1/s1. The number of likely N-dealkylation sites (tertiary alicyclic amines) is 1. The quantitative estimate of drug-likeness (QED) is 0.849. The Morgan fingerprint density at radius 3 is 2.39 bits per heavy atom. The van der Waals surface area contributed by atoms with E-state index >= 15 is 0 Å². The van der Waals surface area contributed by atoms with Gasteiger partial charge in [-0.25, -0.2) is 9.97 Å². The molecule has 2 aromatic rings. The van der Waals surface area contributed by atoms with E-state index < -0.39 is 5.60 Å². The number of anilines is 2. The predicted molar refractivity (Wildman–Crippen MR) is 109 cm³/mol. The van der Waals surface area contributed by atoms with Gasteiger partial charge in [0, 0.05) is 36.4 Å². The molecule has 7 heteroatoms. The van der Waals surface area contributed by atoms with E-state index in [0.29, 0.717) is 5.95 Å². The van der Waals surface area contributed by atoms with Crippen LogP contribution in [-0.2, 0) is 9.53 Å². The van der Waals surface area contributed by atoms with Crippen LogP contribution in [0.15, 0.2) is 18.2 Å². The van der Waals surface area contributed by atoms with Crippen molar-refractivity contribution in [1.29, 1.82) is 0 Å². The Balaban J connectivity index is 1.89. The number of ether oxygens (including phenoxy) is 1. The number of aryl methyl sites for hydroxylation is 3. The van der Waals surface area contributed by atoms with Gasteiger partial charge < -0.3 is 15.0 Å². The molecule has 3 heterocycles. The number of methoxy groups -OCH3 is 1. The molecule has 1 atom stereocenters. The summed E-state index contributed by atoms with van der Waals surface area (Å²) >= 11 is 0. The second kappa shape index (κ2) is 7.83. The Morgan fingerprint density at radius 2 is 1.75 bits per heavy atom. The molecule has 1 amide bonds. The molecule has 1 saturated heterocycles. The zero-order valence-electron chi connectivity index (χ0n) is 17.5. The van der Waals surface area contributed by atoms with E-state index in [1.165, 1.54) is 0 Å². The summed E-state index contributed by atoms with van der Waals surface area (Å²) < 4.78 is 5.40. The normalized spacial score (nSPS) is 17.1. The molecule has 28 heavy (non-hydrogen) atoms. The molecular formula is C21H29N5O2. The van der Waals surface area contributed by atoms with E-state index in [1.54, 1.807) is 21.0 Å². The first kappa shape index (κ1) is 20.2. The maximum atomic E-state index is 13.0. The number of hydrogen-bond donors (Lipinski definition) is 1. The van der Waals surface area contributed by atoms with Crippen LogP contribution in [0.1, 0.15) is 55.5 Å². The second-order valence-electron chi connectivity index (χ2n) is 7.89. The Kier molecular flexibility index (Phi) is 5.65. The molecule has 0 bridgehead atoms. The molecule has 0 aliphatic carbocycles. The molecule has 150 valence electrons. The second-order valence-corrected chi connectivity index (χ2v) is 7.89. The van der Waals surface area contributed by atoms with Crippen molar-refractivity contribution in [3.63, 3.8) is 0 Å². The Morgan fingerprint density at radius 1 is 1.11 bits per heavy atom. The highest BCUT2D eigenvalue weighted by Gasteiger charge is 2.39. The van der Waals surface area contributed by atoms with E-state index in [-0.39, 0.29) is 11.9 Å². The average molecular weight is 383 g/mol. The molecule has 7 nitrogen and oxygen atoms in total. The number of amides is 1. The molecule has 0 saturated carbocycles. The van der Waals surface area contributed by atoms with Crippen LogP contribution >= 0.6 is 0 Å². The first-order valence-electron chi connectivity index (χ1n) is 9.64. The molecule has 0 radical (unpaired) electrons. The van der Waals surface area contributed by atoms with Gasteiger partial charge in [-0.2, -0.15) is 0 Å². The molecule has 1 aliphatic rings. The third-order valence-electron chi connectivity index (χ3n) is 5.09. The van der Waals surface area contributed by atoms with Crippen LogP contribution in [0, 0.1) is 20.8 Å². The van der Waals surface area contributed by atoms with Gasteiger partial charge in [-0.3, -0.25) is 9.78 Å². The van der Waals surface area contributed by atoms with Gasteiger partial charge in [-0.1, -0.05) is 0 Å². The fourth-order valence-corrected chi connectivity index (χ4v) is 3.60. The number of nitrogens with zero attached hydrogens (tertiary/aromatic N) is 4. The lowest BCUT2D eigenvalue weighted by molar-refractivity contribution is -0.152. The summed E-state index contributed by atoms with van der Waals surface area (Å²) in [6, 6.07) is 5.84. The molecule has 1 aliphatic heterocycles. The van der Waals surface area contributed by atoms with Crippen molar-refractivity contribution in [3.05, 3.63) is 41.0 Å². The van der Waals surface area contributed by atoms with Crippen molar-refractivity contribution in [3.8, 4) is 0 Å². The highest BCUT2D eigenvalue weighted by Crippen LogP contribution is 2.34. The zero-order chi connectivity index (χ0) is 20.5. The van der Waals surface area contributed by atoms with Crippen molar-refractivity contribution in [2.75, 3.05) is 19.0 Å². The van der Waals surface area contributed by atoms with Crippen molar-refractivity contribution < 1.29 is 9.53 Å². The van der Waals surface area contributed by atoms with Crippen LogP contribution in [0.4, 0.5) is 11.6 Å². The smallest absolute Gasteiger partial charge is 0.254 e. The fourth-order valence-electron chi connectivity index (χ4n) is 3.60. The van der Waals surface area contributed by atoms with E-state index in [4.69, 9.17) is 9.72 Å². The highest BCUT2D eigenvalue weighted by molar-refractivity contribution is 5.85. The summed E-state index contributed by atoms with van der Waals surface area (Å²) in [6.45, 7) is 10.2. The average Bonchev–Trinajstić information content (AvgIpc) is 3.09. The first-order chi connectivity index (χ1) is 13.2. The minimum Gasteiger partial charge on any atom is -0.369 e. The SMILES string of the molecule is COC(C)(C)C(=O)N1CCC[C@@H]1c1cc(Nc2nc(C)cc(C)n2)cc(C)n1. The number of rotatable bonds is 5. The van der Waals surface area contributed by atoms with E-state index in [9.17, 15) is 4.79 Å². The van der Waals surface area contributed by atoms with E-state index in [2.05, 4.69) is 15.3 Å². The summed E-state index contributed by atoms with van der Waals surface area (Å²) in [5, 5.41) is 3.29. The zero-order valence-corrected chi connectivity index (χ0v) is 17.5. The number of carbonyl (C=O) groups excluding carboxylic acids is 1. The largest absolute Gasteiger partial charge is 0.369 e. The highest BCUT2D eigenvalue weighted by atomic mass is 16.5. The summed E-state index contributed by atoms with van der Waals surface area (Å²) in [7, 11) is 1.57. The molecule has 3 rings (SSSR count). The van der Waals surface area contributed by atoms with Gasteiger partial charge in [0.15, 0.2) is 0 Å². The molecule has 1 N–H and O–H groups in total. The summed E-state index contributed by atoms with van der Waals surface area (Å²) in [5.74, 6) is 0.557. The lowest BCUT2D eigenvalue weighted by Gasteiger charge is -2.32. The first-order valence-corrected chi connectivity index (χ1v) is 9.64. The van der Waals surface area contributed by atoms with Crippen molar-refractivity contribution in [1.82, 2.24) is 19.9 Å². The Hall–Kier alpha value is -2.54. The predicted octanol–water partition coefficient (Wildman–Crippen LogP) is 3.63. The molecule has 0 unspecified atom stereocenters. The van der Waals surface area contributed by atoms with Crippen LogP contribution in [0.3, 0.4) is 0 Å². The Labute approximate surface area is 166 Å². The van der Waals surface area contributed by atoms with Crippen LogP contribution in [0.25, 0.3) is 0 Å². The lowest BCUT2D eigenvalue weighted by atomic mass is 10.0. The van der Waals surface area contributed by atoms with Gasteiger partial charge in [-0.05, 0) is 65.7 Å². The minimum atomic E-state index is -0.847. The van der Waals surface area contributed by atoms with Crippen LogP contribution in [0.5, 0.6) is 0 Å². The van der Waals surface area contributed by atoms with E-state index in [1.807, 2.05) is 43.9 Å². The van der Waals surface area contributed by atoms with Gasteiger partial charge in [0.25, 0.3) is 5.91 Å².